The number of carbonyl (C=O) groups excluding carboxylic acids is 1. The molecular formula is C13H17N3O3. The van der Waals surface area contributed by atoms with Gasteiger partial charge in [-0.2, -0.15) is 0 Å². The Kier molecular flexibility index (Phi) is 3.99. The molecule has 1 saturated heterocycles. The third-order valence-corrected chi connectivity index (χ3v) is 3.39. The largest absolute Gasteiger partial charge is 0.481 e. The van der Waals surface area contributed by atoms with E-state index in [9.17, 15) is 9.59 Å². The van der Waals surface area contributed by atoms with Gasteiger partial charge in [0.15, 0.2) is 0 Å². The van der Waals surface area contributed by atoms with E-state index < -0.39 is 11.9 Å². The Balaban J connectivity index is 1.86. The van der Waals surface area contributed by atoms with Gasteiger partial charge in [-0.25, -0.2) is 4.79 Å². The standard InChI is InChI=1S/C13H17N3O3/c1-9-6-14-4-2-10(9)7-15-13(19)16-5-3-11(8-16)12(17)18/h2,4,6,11H,3,5,7-8H2,1H3,(H,15,19)(H,17,18). The molecule has 0 radical (unpaired) electrons. The van der Waals surface area contributed by atoms with Crippen molar-refractivity contribution in [1.82, 2.24) is 15.2 Å². The van der Waals surface area contributed by atoms with Crippen LogP contribution >= 0.6 is 0 Å². The maximum Gasteiger partial charge on any atom is 0.317 e. The van der Waals surface area contributed by atoms with Gasteiger partial charge in [-0.15, -0.1) is 0 Å². The average Bonchev–Trinajstić information content (AvgIpc) is 2.87. The van der Waals surface area contributed by atoms with Gasteiger partial charge in [0, 0.05) is 32.0 Å². The summed E-state index contributed by atoms with van der Waals surface area (Å²) in [5, 5.41) is 11.7. The fourth-order valence-electron chi connectivity index (χ4n) is 2.13. The summed E-state index contributed by atoms with van der Waals surface area (Å²) in [7, 11) is 0. The lowest BCUT2D eigenvalue weighted by molar-refractivity contribution is -0.141. The van der Waals surface area contributed by atoms with Crippen molar-refractivity contribution in [2.24, 2.45) is 5.92 Å². The lowest BCUT2D eigenvalue weighted by atomic mass is 10.1. The summed E-state index contributed by atoms with van der Waals surface area (Å²) < 4.78 is 0. The van der Waals surface area contributed by atoms with Gasteiger partial charge < -0.3 is 15.3 Å². The van der Waals surface area contributed by atoms with E-state index in [1.165, 1.54) is 0 Å². The summed E-state index contributed by atoms with van der Waals surface area (Å²) in [4.78, 5) is 28.3. The van der Waals surface area contributed by atoms with Crippen LogP contribution in [-0.2, 0) is 11.3 Å². The Hall–Kier alpha value is -2.11. The van der Waals surface area contributed by atoms with Crippen molar-refractivity contribution in [3.8, 4) is 0 Å². The lowest BCUT2D eigenvalue weighted by Crippen LogP contribution is -2.38. The SMILES string of the molecule is Cc1cnccc1CNC(=O)N1CCC(C(=O)O)C1. The molecule has 2 amide bonds. The van der Waals surface area contributed by atoms with Crippen molar-refractivity contribution in [3.05, 3.63) is 29.6 Å². The zero-order valence-corrected chi connectivity index (χ0v) is 10.8. The molecule has 2 rings (SSSR count). The molecule has 1 atom stereocenters. The van der Waals surface area contributed by atoms with Gasteiger partial charge in [0.05, 0.1) is 5.92 Å². The Labute approximate surface area is 111 Å². The summed E-state index contributed by atoms with van der Waals surface area (Å²) in [6, 6.07) is 1.65. The van der Waals surface area contributed by atoms with Crippen LogP contribution in [0, 0.1) is 12.8 Å². The fourth-order valence-corrected chi connectivity index (χ4v) is 2.13. The molecule has 0 bridgehead atoms. The van der Waals surface area contributed by atoms with Crippen LogP contribution in [0.3, 0.4) is 0 Å². The van der Waals surface area contributed by atoms with E-state index in [0.29, 0.717) is 19.5 Å². The van der Waals surface area contributed by atoms with Gasteiger partial charge in [0.1, 0.15) is 0 Å². The normalized spacial score (nSPS) is 18.4. The quantitative estimate of drug-likeness (QED) is 0.852. The van der Waals surface area contributed by atoms with E-state index in [2.05, 4.69) is 10.3 Å². The second-order valence-corrected chi connectivity index (χ2v) is 4.73. The second-order valence-electron chi connectivity index (χ2n) is 4.73. The molecule has 19 heavy (non-hydrogen) atoms. The topological polar surface area (TPSA) is 82.5 Å². The third-order valence-electron chi connectivity index (χ3n) is 3.39. The first-order valence-electron chi connectivity index (χ1n) is 6.23. The van der Waals surface area contributed by atoms with Crippen LogP contribution in [0.5, 0.6) is 0 Å². The molecule has 1 aliphatic heterocycles. The lowest BCUT2D eigenvalue weighted by Gasteiger charge is -2.17. The molecule has 0 saturated carbocycles. The Morgan fingerprint density at radius 2 is 2.37 bits per heavy atom. The molecule has 1 fully saturated rings. The molecule has 2 N–H and O–H groups in total. The van der Waals surface area contributed by atoms with Gasteiger partial charge in [-0.1, -0.05) is 0 Å². The van der Waals surface area contributed by atoms with Crippen LogP contribution in [-0.4, -0.2) is 40.1 Å². The third kappa shape index (κ3) is 3.21. The number of carboxylic acids is 1. The van der Waals surface area contributed by atoms with Gasteiger partial charge in [-0.05, 0) is 30.5 Å². The number of rotatable bonds is 3. The minimum Gasteiger partial charge on any atom is -0.481 e. The van der Waals surface area contributed by atoms with Crippen LogP contribution < -0.4 is 5.32 Å². The first-order chi connectivity index (χ1) is 9.08. The number of hydrogen-bond donors (Lipinski definition) is 2. The number of aliphatic carboxylic acids is 1. The molecule has 0 spiro atoms. The highest BCUT2D eigenvalue weighted by atomic mass is 16.4. The van der Waals surface area contributed by atoms with Crippen LogP contribution in [0.1, 0.15) is 17.5 Å². The van der Waals surface area contributed by atoms with Crippen molar-refractivity contribution in [2.45, 2.75) is 19.9 Å². The predicted molar refractivity (Wildman–Crippen MR) is 68.5 cm³/mol. The smallest absolute Gasteiger partial charge is 0.317 e. The molecular weight excluding hydrogens is 246 g/mol. The Morgan fingerprint density at radius 1 is 1.58 bits per heavy atom. The molecule has 1 aromatic rings. The summed E-state index contributed by atoms with van der Waals surface area (Å²) in [5.74, 6) is -1.27. The van der Waals surface area contributed by atoms with Crippen LogP contribution in [0.15, 0.2) is 18.5 Å². The molecule has 1 aromatic heterocycles. The maximum atomic E-state index is 11.9. The van der Waals surface area contributed by atoms with Crippen LogP contribution in [0.25, 0.3) is 0 Å². The number of likely N-dealkylation sites (tertiary alicyclic amines) is 1. The number of pyridine rings is 1. The number of amides is 2. The monoisotopic (exact) mass is 263 g/mol. The van der Waals surface area contributed by atoms with Crippen molar-refractivity contribution >= 4 is 12.0 Å². The molecule has 1 unspecified atom stereocenters. The van der Waals surface area contributed by atoms with Gasteiger partial charge >= 0.3 is 12.0 Å². The number of nitrogens with zero attached hydrogens (tertiary/aromatic N) is 2. The van der Waals surface area contributed by atoms with Crippen molar-refractivity contribution in [2.75, 3.05) is 13.1 Å². The molecule has 102 valence electrons. The van der Waals surface area contributed by atoms with Crippen LogP contribution in [0.2, 0.25) is 0 Å². The van der Waals surface area contributed by atoms with Gasteiger partial charge in [0.2, 0.25) is 0 Å². The first kappa shape index (κ1) is 13.3. The van der Waals surface area contributed by atoms with E-state index in [1.54, 1.807) is 17.3 Å². The van der Waals surface area contributed by atoms with Crippen LogP contribution in [0.4, 0.5) is 4.79 Å². The Morgan fingerprint density at radius 3 is 3.00 bits per heavy atom. The highest BCUT2D eigenvalue weighted by Crippen LogP contribution is 2.16. The molecule has 6 heteroatoms. The summed E-state index contributed by atoms with van der Waals surface area (Å²) in [5.41, 5.74) is 2.03. The number of nitrogens with one attached hydrogen (secondary N) is 1. The maximum absolute atomic E-state index is 11.9. The first-order valence-corrected chi connectivity index (χ1v) is 6.23. The zero-order chi connectivity index (χ0) is 13.8. The van der Waals surface area contributed by atoms with E-state index in [-0.39, 0.29) is 12.6 Å². The molecule has 1 aliphatic rings. The van der Waals surface area contributed by atoms with E-state index in [1.807, 2.05) is 13.0 Å². The fraction of sp³-hybridized carbons (Fsp3) is 0.462. The van der Waals surface area contributed by atoms with Gasteiger partial charge in [-0.3, -0.25) is 9.78 Å². The highest BCUT2D eigenvalue weighted by molar-refractivity contribution is 5.77. The van der Waals surface area contributed by atoms with Crippen molar-refractivity contribution in [1.29, 1.82) is 0 Å². The van der Waals surface area contributed by atoms with Crippen molar-refractivity contribution < 1.29 is 14.7 Å². The molecule has 0 aliphatic carbocycles. The number of urea groups is 1. The molecule has 2 heterocycles. The number of aromatic nitrogens is 1. The minimum absolute atomic E-state index is 0.208. The Bertz CT molecular complexity index is 490. The summed E-state index contributed by atoms with van der Waals surface area (Å²) >= 11 is 0. The van der Waals surface area contributed by atoms with E-state index >= 15 is 0 Å². The van der Waals surface area contributed by atoms with Gasteiger partial charge in [0.25, 0.3) is 0 Å². The predicted octanol–water partition coefficient (Wildman–Crippen LogP) is 1.01. The number of aryl methyl sites for hydroxylation is 1. The van der Waals surface area contributed by atoms with E-state index in [4.69, 9.17) is 5.11 Å². The summed E-state index contributed by atoms with van der Waals surface area (Å²) in [6.07, 6.45) is 3.96. The second kappa shape index (κ2) is 5.69. The summed E-state index contributed by atoms with van der Waals surface area (Å²) in [6.45, 7) is 3.15. The van der Waals surface area contributed by atoms with E-state index in [0.717, 1.165) is 11.1 Å². The minimum atomic E-state index is -0.833. The number of carbonyl (C=O) groups is 2. The zero-order valence-electron chi connectivity index (χ0n) is 10.8. The van der Waals surface area contributed by atoms with Crippen molar-refractivity contribution in [3.63, 3.8) is 0 Å². The molecule has 6 nitrogen and oxygen atoms in total. The number of hydrogen-bond acceptors (Lipinski definition) is 3. The molecule has 0 aromatic carbocycles. The highest BCUT2D eigenvalue weighted by Gasteiger charge is 2.30. The number of carboxylic acid groups (broad SMARTS) is 1. The average molecular weight is 263 g/mol.